The number of hydrogen-bond acceptors (Lipinski definition) is 5. The van der Waals surface area contributed by atoms with Crippen molar-refractivity contribution in [3.8, 4) is 0 Å². The Morgan fingerprint density at radius 1 is 1.25 bits per heavy atom. The molecule has 1 aromatic heterocycles. The molecule has 92 valence electrons. The van der Waals surface area contributed by atoms with Crippen LogP contribution in [0.15, 0.2) is 0 Å². The second-order valence-corrected chi connectivity index (χ2v) is 6.77. The van der Waals surface area contributed by atoms with Crippen molar-refractivity contribution in [1.82, 2.24) is 15.5 Å². The van der Waals surface area contributed by atoms with E-state index in [0.717, 1.165) is 28.2 Å². The molecule has 1 rings (SSSR count). The predicted molar refractivity (Wildman–Crippen MR) is 73.1 cm³/mol. The lowest BCUT2D eigenvalue weighted by Crippen LogP contribution is -2.27. The fourth-order valence-corrected chi connectivity index (χ4v) is 2.95. The zero-order valence-electron chi connectivity index (χ0n) is 10.5. The molecule has 0 aliphatic carbocycles. The zero-order chi connectivity index (χ0) is 12.0. The first-order valence-electron chi connectivity index (χ1n) is 5.68. The summed E-state index contributed by atoms with van der Waals surface area (Å²) in [6.45, 7) is 9.57. The largest absolute Gasteiger partial charge is 0.307 e. The molecule has 0 aromatic carbocycles. The molecule has 1 unspecified atom stereocenters. The van der Waals surface area contributed by atoms with Crippen LogP contribution in [-0.4, -0.2) is 27.7 Å². The molecule has 0 amide bonds. The van der Waals surface area contributed by atoms with E-state index in [4.69, 9.17) is 0 Å². The summed E-state index contributed by atoms with van der Waals surface area (Å²) in [7, 11) is 0. The molecule has 16 heavy (non-hydrogen) atoms. The summed E-state index contributed by atoms with van der Waals surface area (Å²) in [4.78, 5) is 0. The number of hydrogen-bond donors (Lipinski definition) is 1. The molecule has 0 aliphatic heterocycles. The summed E-state index contributed by atoms with van der Waals surface area (Å²) in [5.41, 5.74) is 0. The third kappa shape index (κ3) is 5.82. The van der Waals surface area contributed by atoms with Crippen molar-refractivity contribution in [2.24, 2.45) is 5.92 Å². The first-order chi connectivity index (χ1) is 7.58. The summed E-state index contributed by atoms with van der Waals surface area (Å²) in [5.74, 6) is 3.18. The molecule has 5 heteroatoms. The van der Waals surface area contributed by atoms with Crippen LogP contribution < -0.4 is 5.32 Å². The first-order valence-corrected chi connectivity index (χ1v) is 7.65. The maximum atomic E-state index is 4.10. The van der Waals surface area contributed by atoms with E-state index in [1.807, 2.05) is 18.7 Å². The lowest BCUT2D eigenvalue weighted by Gasteiger charge is -2.12. The van der Waals surface area contributed by atoms with Gasteiger partial charge in [-0.25, -0.2) is 0 Å². The van der Waals surface area contributed by atoms with Gasteiger partial charge >= 0.3 is 0 Å². The van der Waals surface area contributed by atoms with E-state index in [1.54, 1.807) is 11.3 Å². The average molecular weight is 259 g/mol. The van der Waals surface area contributed by atoms with Crippen LogP contribution >= 0.6 is 23.1 Å². The number of nitrogens with zero attached hydrogens (tertiary/aromatic N) is 2. The van der Waals surface area contributed by atoms with Gasteiger partial charge in [0.2, 0.25) is 0 Å². The van der Waals surface area contributed by atoms with E-state index in [2.05, 4.69) is 36.3 Å². The molecule has 0 saturated carbocycles. The minimum atomic E-state index is 0.535. The van der Waals surface area contributed by atoms with Crippen molar-refractivity contribution in [2.75, 3.05) is 11.5 Å². The Labute approximate surface area is 106 Å². The maximum absolute atomic E-state index is 4.10. The van der Waals surface area contributed by atoms with Crippen LogP contribution in [0.2, 0.25) is 0 Å². The number of rotatable bonds is 7. The van der Waals surface area contributed by atoms with Crippen LogP contribution in [0, 0.1) is 12.8 Å². The summed E-state index contributed by atoms with van der Waals surface area (Å²) >= 11 is 3.68. The highest BCUT2D eigenvalue weighted by molar-refractivity contribution is 7.99. The third-order valence-electron chi connectivity index (χ3n) is 1.99. The van der Waals surface area contributed by atoms with Gasteiger partial charge in [-0.2, -0.15) is 11.8 Å². The molecule has 0 radical (unpaired) electrons. The van der Waals surface area contributed by atoms with Crippen LogP contribution in [0.1, 0.15) is 30.8 Å². The average Bonchev–Trinajstić information content (AvgIpc) is 2.61. The summed E-state index contributed by atoms with van der Waals surface area (Å²) in [6.07, 6.45) is 0. The molecule has 1 heterocycles. The quantitative estimate of drug-likeness (QED) is 0.817. The van der Waals surface area contributed by atoms with Crippen molar-refractivity contribution in [3.05, 3.63) is 10.0 Å². The molecule has 0 aliphatic rings. The standard InChI is InChI=1S/C11H21N3S2/c1-8(2)6-15-7-9(3)12-5-11-14-13-10(4)16-11/h8-9,12H,5-7H2,1-4H3. The topological polar surface area (TPSA) is 37.8 Å². The van der Waals surface area contributed by atoms with Crippen molar-refractivity contribution in [3.63, 3.8) is 0 Å². The third-order valence-corrected chi connectivity index (χ3v) is 4.47. The summed E-state index contributed by atoms with van der Waals surface area (Å²) in [5, 5.41) is 13.7. The highest BCUT2D eigenvalue weighted by Gasteiger charge is 2.05. The lowest BCUT2D eigenvalue weighted by molar-refractivity contribution is 0.590. The highest BCUT2D eigenvalue weighted by atomic mass is 32.2. The number of aromatic nitrogens is 2. The summed E-state index contributed by atoms with van der Waals surface area (Å²) < 4.78 is 0. The van der Waals surface area contributed by atoms with Gasteiger partial charge in [0.15, 0.2) is 0 Å². The number of nitrogens with one attached hydrogen (secondary N) is 1. The molecule has 1 atom stereocenters. The molecule has 1 N–H and O–H groups in total. The van der Waals surface area contributed by atoms with Crippen molar-refractivity contribution in [1.29, 1.82) is 0 Å². The van der Waals surface area contributed by atoms with Crippen molar-refractivity contribution >= 4 is 23.1 Å². The number of aryl methyl sites for hydroxylation is 1. The van der Waals surface area contributed by atoms with E-state index in [1.165, 1.54) is 5.75 Å². The number of thioether (sulfide) groups is 1. The molecule has 0 bridgehead atoms. The Bertz CT molecular complexity index is 299. The maximum Gasteiger partial charge on any atom is 0.131 e. The lowest BCUT2D eigenvalue weighted by atomic mass is 10.3. The van der Waals surface area contributed by atoms with Crippen molar-refractivity contribution in [2.45, 2.75) is 40.3 Å². The Morgan fingerprint density at radius 3 is 2.56 bits per heavy atom. The van der Waals surface area contributed by atoms with Crippen LogP contribution in [0.3, 0.4) is 0 Å². The van der Waals surface area contributed by atoms with Gasteiger partial charge in [-0.3, -0.25) is 0 Å². The fraction of sp³-hybridized carbons (Fsp3) is 0.818. The second kappa shape index (κ2) is 7.25. The molecule has 0 spiro atoms. The van der Waals surface area contributed by atoms with Gasteiger partial charge in [0.05, 0.1) is 0 Å². The Hall–Kier alpha value is -0.130. The fourth-order valence-electron chi connectivity index (χ4n) is 1.21. The Kier molecular flexibility index (Phi) is 6.31. The van der Waals surface area contributed by atoms with Gasteiger partial charge in [-0.15, -0.1) is 21.5 Å². The minimum absolute atomic E-state index is 0.535. The smallest absolute Gasteiger partial charge is 0.131 e. The van der Waals surface area contributed by atoms with Crippen LogP contribution in [0.25, 0.3) is 0 Å². The van der Waals surface area contributed by atoms with Gasteiger partial charge in [0.25, 0.3) is 0 Å². The van der Waals surface area contributed by atoms with Crippen molar-refractivity contribution < 1.29 is 0 Å². The van der Waals surface area contributed by atoms with E-state index < -0.39 is 0 Å². The van der Waals surface area contributed by atoms with Crippen LogP contribution in [0.5, 0.6) is 0 Å². The molecule has 3 nitrogen and oxygen atoms in total. The van der Waals surface area contributed by atoms with Gasteiger partial charge in [0.1, 0.15) is 10.0 Å². The first kappa shape index (κ1) is 13.9. The normalized spacial score (nSPS) is 13.3. The Morgan fingerprint density at radius 2 is 2.00 bits per heavy atom. The monoisotopic (exact) mass is 259 g/mol. The molecular formula is C11H21N3S2. The minimum Gasteiger partial charge on any atom is -0.307 e. The zero-order valence-corrected chi connectivity index (χ0v) is 12.1. The predicted octanol–water partition coefficient (Wildman–Crippen LogP) is 2.71. The van der Waals surface area contributed by atoms with Crippen LogP contribution in [-0.2, 0) is 6.54 Å². The summed E-state index contributed by atoms with van der Waals surface area (Å²) in [6, 6.07) is 0.535. The van der Waals surface area contributed by atoms with E-state index in [9.17, 15) is 0 Å². The van der Waals surface area contributed by atoms with E-state index in [-0.39, 0.29) is 0 Å². The molecule has 1 aromatic rings. The van der Waals surface area contributed by atoms with Gasteiger partial charge in [0, 0.05) is 18.3 Å². The highest BCUT2D eigenvalue weighted by Crippen LogP contribution is 2.10. The van der Waals surface area contributed by atoms with E-state index in [0.29, 0.717) is 6.04 Å². The van der Waals surface area contributed by atoms with E-state index >= 15 is 0 Å². The Balaban J connectivity index is 2.12. The molecular weight excluding hydrogens is 238 g/mol. The molecule has 0 fully saturated rings. The van der Waals surface area contributed by atoms with Gasteiger partial charge < -0.3 is 5.32 Å². The van der Waals surface area contributed by atoms with Crippen LogP contribution in [0.4, 0.5) is 0 Å². The second-order valence-electron chi connectivity index (χ2n) is 4.43. The SMILES string of the molecule is Cc1nnc(CNC(C)CSCC(C)C)s1. The van der Waals surface area contributed by atoms with Gasteiger partial charge in [-0.05, 0) is 25.5 Å². The van der Waals surface area contributed by atoms with Gasteiger partial charge in [-0.1, -0.05) is 13.8 Å². The molecule has 0 saturated heterocycles.